The van der Waals surface area contributed by atoms with E-state index < -0.39 is 6.09 Å². The molecule has 0 atom stereocenters. The molecule has 0 spiro atoms. The van der Waals surface area contributed by atoms with Crippen LogP contribution in [0.2, 0.25) is 0 Å². The fourth-order valence-electron chi connectivity index (χ4n) is 2.90. The second-order valence-corrected chi connectivity index (χ2v) is 5.85. The minimum atomic E-state index is -0.455. The SMILES string of the molecule is Cc1c(C2CCOCC2)noc1NC(=O)CN1CCCOC1=O. The Morgan fingerprint density at radius 1 is 1.35 bits per heavy atom. The first-order chi connectivity index (χ1) is 11.1. The summed E-state index contributed by atoms with van der Waals surface area (Å²) >= 11 is 0. The number of carbonyl (C=O) groups is 2. The van der Waals surface area contributed by atoms with Crippen molar-refractivity contribution in [3.05, 3.63) is 11.3 Å². The van der Waals surface area contributed by atoms with Crippen molar-refractivity contribution in [3.63, 3.8) is 0 Å². The molecule has 8 heteroatoms. The van der Waals surface area contributed by atoms with Crippen molar-refractivity contribution in [2.24, 2.45) is 0 Å². The Balaban J connectivity index is 1.60. The number of carbonyl (C=O) groups excluding carboxylic acids is 2. The van der Waals surface area contributed by atoms with E-state index in [4.69, 9.17) is 14.0 Å². The number of rotatable bonds is 4. The van der Waals surface area contributed by atoms with E-state index in [2.05, 4.69) is 10.5 Å². The van der Waals surface area contributed by atoms with Crippen LogP contribution in [0.15, 0.2) is 4.52 Å². The van der Waals surface area contributed by atoms with Crippen LogP contribution < -0.4 is 5.32 Å². The van der Waals surface area contributed by atoms with Gasteiger partial charge in [0.2, 0.25) is 11.8 Å². The molecule has 2 aliphatic heterocycles. The lowest BCUT2D eigenvalue weighted by molar-refractivity contribution is -0.117. The summed E-state index contributed by atoms with van der Waals surface area (Å²) in [7, 11) is 0. The Bertz CT molecular complexity index is 580. The van der Waals surface area contributed by atoms with Crippen LogP contribution in [-0.4, -0.2) is 55.0 Å². The third kappa shape index (κ3) is 3.64. The molecule has 23 heavy (non-hydrogen) atoms. The highest BCUT2D eigenvalue weighted by Gasteiger charge is 2.26. The van der Waals surface area contributed by atoms with Gasteiger partial charge in [0.15, 0.2) is 0 Å². The van der Waals surface area contributed by atoms with Crippen LogP contribution in [0.4, 0.5) is 10.7 Å². The van der Waals surface area contributed by atoms with Crippen LogP contribution in [0, 0.1) is 6.92 Å². The van der Waals surface area contributed by atoms with E-state index in [0.29, 0.717) is 25.0 Å². The Morgan fingerprint density at radius 2 is 2.13 bits per heavy atom. The van der Waals surface area contributed by atoms with Crippen LogP contribution in [-0.2, 0) is 14.3 Å². The Morgan fingerprint density at radius 3 is 2.87 bits per heavy atom. The van der Waals surface area contributed by atoms with Crippen molar-refractivity contribution in [2.75, 3.05) is 38.2 Å². The largest absolute Gasteiger partial charge is 0.449 e. The molecule has 8 nitrogen and oxygen atoms in total. The van der Waals surface area contributed by atoms with Crippen molar-refractivity contribution in [2.45, 2.75) is 32.1 Å². The lowest BCUT2D eigenvalue weighted by Gasteiger charge is -2.25. The van der Waals surface area contributed by atoms with Gasteiger partial charge in [0.1, 0.15) is 6.54 Å². The number of amides is 2. The molecule has 126 valence electrons. The molecule has 2 amide bonds. The van der Waals surface area contributed by atoms with E-state index in [0.717, 1.165) is 43.7 Å². The van der Waals surface area contributed by atoms with Crippen LogP contribution in [0.1, 0.15) is 36.4 Å². The van der Waals surface area contributed by atoms with Crippen LogP contribution in [0.3, 0.4) is 0 Å². The molecule has 2 fully saturated rings. The summed E-state index contributed by atoms with van der Waals surface area (Å²) in [6.45, 7) is 4.20. The van der Waals surface area contributed by atoms with Gasteiger partial charge in [0.05, 0.1) is 12.3 Å². The predicted molar refractivity (Wildman–Crippen MR) is 80.2 cm³/mol. The normalized spacial score (nSPS) is 19.5. The fourth-order valence-corrected chi connectivity index (χ4v) is 2.90. The molecule has 0 saturated carbocycles. The van der Waals surface area contributed by atoms with E-state index in [9.17, 15) is 9.59 Å². The number of cyclic esters (lactones) is 1. The summed E-state index contributed by atoms with van der Waals surface area (Å²) in [4.78, 5) is 25.0. The second-order valence-electron chi connectivity index (χ2n) is 5.85. The minimum absolute atomic E-state index is 0.0500. The van der Waals surface area contributed by atoms with Crippen molar-refractivity contribution in [1.82, 2.24) is 10.1 Å². The van der Waals surface area contributed by atoms with Gasteiger partial charge in [-0.2, -0.15) is 0 Å². The maximum atomic E-state index is 12.1. The van der Waals surface area contributed by atoms with Gasteiger partial charge in [-0.05, 0) is 26.2 Å². The smallest absolute Gasteiger partial charge is 0.410 e. The van der Waals surface area contributed by atoms with Crippen molar-refractivity contribution >= 4 is 17.9 Å². The van der Waals surface area contributed by atoms with Gasteiger partial charge in [-0.3, -0.25) is 15.0 Å². The summed E-state index contributed by atoms with van der Waals surface area (Å²) < 4.78 is 15.5. The molecule has 2 saturated heterocycles. The molecule has 2 aliphatic rings. The molecule has 3 rings (SSSR count). The first kappa shape index (κ1) is 15.8. The first-order valence-corrected chi connectivity index (χ1v) is 7.90. The number of hydrogen-bond donors (Lipinski definition) is 1. The number of nitrogens with zero attached hydrogens (tertiary/aromatic N) is 2. The third-order valence-electron chi connectivity index (χ3n) is 4.21. The zero-order valence-corrected chi connectivity index (χ0v) is 13.2. The van der Waals surface area contributed by atoms with Crippen molar-refractivity contribution < 1.29 is 23.6 Å². The lowest BCUT2D eigenvalue weighted by Crippen LogP contribution is -2.42. The van der Waals surface area contributed by atoms with Gasteiger partial charge < -0.3 is 14.0 Å². The average Bonchev–Trinajstić information content (AvgIpc) is 2.91. The maximum absolute atomic E-state index is 12.1. The monoisotopic (exact) mass is 323 g/mol. The van der Waals surface area contributed by atoms with Crippen LogP contribution in [0.25, 0.3) is 0 Å². The average molecular weight is 323 g/mol. The zero-order chi connectivity index (χ0) is 16.2. The topological polar surface area (TPSA) is 93.9 Å². The second kappa shape index (κ2) is 6.99. The van der Waals surface area contributed by atoms with Gasteiger partial charge in [0.25, 0.3) is 0 Å². The fraction of sp³-hybridized carbons (Fsp3) is 0.667. The van der Waals surface area contributed by atoms with Gasteiger partial charge in [0, 0.05) is 31.2 Å². The highest BCUT2D eigenvalue weighted by Crippen LogP contribution is 2.31. The zero-order valence-electron chi connectivity index (χ0n) is 13.2. The summed E-state index contributed by atoms with van der Waals surface area (Å²) in [5.74, 6) is 0.332. The molecule has 0 aliphatic carbocycles. The van der Waals surface area contributed by atoms with E-state index in [1.807, 2.05) is 6.92 Å². The number of ether oxygens (including phenoxy) is 2. The molecule has 0 radical (unpaired) electrons. The first-order valence-electron chi connectivity index (χ1n) is 7.90. The Kier molecular flexibility index (Phi) is 4.80. The van der Waals surface area contributed by atoms with Crippen LogP contribution in [0.5, 0.6) is 0 Å². The Labute approximate surface area is 134 Å². The van der Waals surface area contributed by atoms with E-state index >= 15 is 0 Å². The van der Waals surface area contributed by atoms with Crippen LogP contribution >= 0.6 is 0 Å². The van der Waals surface area contributed by atoms with Gasteiger partial charge in [-0.15, -0.1) is 0 Å². The highest BCUT2D eigenvalue weighted by atomic mass is 16.6. The third-order valence-corrected chi connectivity index (χ3v) is 4.21. The summed E-state index contributed by atoms with van der Waals surface area (Å²) in [5, 5.41) is 6.79. The molecule has 0 aromatic carbocycles. The van der Waals surface area contributed by atoms with E-state index in [1.165, 1.54) is 4.90 Å². The maximum Gasteiger partial charge on any atom is 0.410 e. The Hall–Kier alpha value is -2.09. The molecular formula is C15H21N3O5. The van der Waals surface area contributed by atoms with Crippen molar-refractivity contribution in [1.29, 1.82) is 0 Å². The predicted octanol–water partition coefficient (Wildman–Crippen LogP) is 1.66. The number of anilines is 1. The minimum Gasteiger partial charge on any atom is -0.449 e. The van der Waals surface area contributed by atoms with E-state index in [1.54, 1.807) is 0 Å². The number of hydrogen-bond acceptors (Lipinski definition) is 6. The molecule has 3 heterocycles. The summed E-state index contributed by atoms with van der Waals surface area (Å²) in [6, 6.07) is 0. The molecule has 1 aromatic heterocycles. The quantitative estimate of drug-likeness (QED) is 0.905. The molecule has 1 aromatic rings. The molecular weight excluding hydrogens is 302 g/mol. The number of aromatic nitrogens is 1. The summed E-state index contributed by atoms with van der Waals surface area (Å²) in [6.07, 6.45) is 2.08. The van der Waals surface area contributed by atoms with Gasteiger partial charge in [-0.1, -0.05) is 5.16 Å². The van der Waals surface area contributed by atoms with E-state index in [-0.39, 0.29) is 12.5 Å². The van der Waals surface area contributed by atoms with Crippen molar-refractivity contribution in [3.8, 4) is 0 Å². The number of nitrogens with one attached hydrogen (secondary N) is 1. The highest BCUT2D eigenvalue weighted by molar-refractivity contribution is 5.93. The standard InChI is InChI=1S/C15H21N3O5/c1-10-13(11-3-7-21-8-4-11)17-23-14(10)16-12(19)9-18-5-2-6-22-15(18)20/h11H,2-9H2,1H3,(H,16,19). The van der Waals surface area contributed by atoms with Gasteiger partial charge >= 0.3 is 6.09 Å². The van der Waals surface area contributed by atoms with Gasteiger partial charge in [-0.25, -0.2) is 4.79 Å². The molecule has 1 N–H and O–H groups in total. The molecule has 0 bridgehead atoms. The summed E-state index contributed by atoms with van der Waals surface area (Å²) in [5.41, 5.74) is 1.72. The molecule has 0 unspecified atom stereocenters. The lowest BCUT2D eigenvalue weighted by atomic mass is 9.94.